The number of sulfonamides is 1. The first-order valence-corrected chi connectivity index (χ1v) is 17.2. The molecule has 2 aliphatic rings. The number of hydrogen-bond acceptors (Lipinski definition) is 9. The van der Waals surface area contributed by atoms with Crippen molar-refractivity contribution in [3.63, 3.8) is 0 Å². The first-order chi connectivity index (χ1) is 23.8. The zero-order valence-electron chi connectivity index (χ0n) is 26.9. The van der Waals surface area contributed by atoms with Crippen molar-refractivity contribution in [3.05, 3.63) is 114 Å². The van der Waals surface area contributed by atoms with Crippen LogP contribution in [0.15, 0.2) is 102 Å². The van der Waals surface area contributed by atoms with Crippen LogP contribution in [-0.2, 0) is 37.4 Å². The van der Waals surface area contributed by atoms with Crippen LogP contribution in [0.25, 0.3) is 0 Å². The van der Waals surface area contributed by atoms with E-state index in [0.717, 1.165) is 11.1 Å². The molecule has 0 unspecified atom stereocenters. The molecule has 12 nitrogen and oxygen atoms in total. The Bertz CT molecular complexity index is 1850. The Labute approximate surface area is 285 Å². The maximum absolute atomic E-state index is 14.0. The smallest absolute Gasteiger partial charge is 0.261 e. The molecule has 0 saturated carbocycles. The van der Waals surface area contributed by atoms with Crippen LogP contribution in [0.4, 0.5) is 0 Å². The molecule has 4 aromatic rings. The molecule has 0 bridgehead atoms. The topological polar surface area (TPSA) is 133 Å². The van der Waals surface area contributed by atoms with Gasteiger partial charge in [0.05, 0.1) is 25.2 Å². The monoisotopic (exact) mass is 687 g/mol. The predicted molar refractivity (Wildman–Crippen MR) is 179 cm³/mol. The Kier molecular flexibility index (Phi) is 10.6. The molecule has 49 heavy (non-hydrogen) atoms. The minimum absolute atomic E-state index is 0.0971. The van der Waals surface area contributed by atoms with E-state index in [9.17, 15) is 18.0 Å². The van der Waals surface area contributed by atoms with Gasteiger partial charge >= 0.3 is 0 Å². The highest BCUT2D eigenvalue weighted by Gasteiger charge is 2.32. The van der Waals surface area contributed by atoms with E-state index in [-0.39, 0.29) is 43.8 Å². The zero-order valence-corrected chi connectivity index (χ0v) is 27.8. The molecule has 1 fully saturated rings. The second kappa shape index (κ2) is 15.4. The molecule has 0 aliphatic carbocycles. The maximum atomic E-state index is 14.0. The van der Waals surface area contributed by atoms with Crippen LogP contribution >= 0.6 is 0 Å². The van der Waals surface area contributed by atoms with Crippen molar-refractivity contribution in [2.45, 2.75) is 24.0 Å². The summed E-state index contributed by atoms with van der Waals surface area (Å²) in [4.78, 5) is 29.7. The Morgan fingerprint density at radius 3 is 2.24 bits per heavy atom. The van der Waals surface area contributed by atoms with Crippen LogP contribution in [0.3, 0.4) is 0 Å². The Hall–Kier alpha value is -5.11. The average Bonchev–Trinajstić information content (AvgIpc) is 3.62. The highest BCUT2D eigenvalue weighted by Crippen LogP contribution is 2.33. The maximum Gasteiger partial charge on any atom is 0.261 e. The number of methoxy groups -OCH3 is 1. The lowest BCUT2D eigenvalue weighted by molar-refractivity contribution is -0.143. The molecule has 2 aliphatic heterocycles. The van der Waals surface area contributed by atoms with Crippen LogP contribution in [0.5, 0.6) is 23.0 Å². The number of ether oxygens (including phenoxy) is 5. The van der Waals surface area contributed by atoms with Crippen LogP contribution in [0.1, 0.15) is 22.7 Å². The van der Waals surface area contributed by atoms with Gasteiger partial charge in [0.15, 0.2) is 18.1 Å². The lowest BCUT2D eigenvalue weighted by atomic mass is 10.0. The third-order valence-corrected chi connectivity index (χ3v) is 10.1. The third-order valence-electron chi connectivity index (χ3n) is 8.21. The standard InChI is InChI=1S/C36H37N3O9S/c1-44-29-10-7-26(8-11-29)23-39(34(40)24-46-30-12-14-31(15-13-30)49(42,43)38-17-19-45-20-18-38)35(28-5-3-2-4-6-28)36(41)37-22-27-9-16-32-33(21-27)48-25-47-32/h2-16,21,35H,17-20,22-25H2,1H3,(H,37,41)/t35-/m0/s1. The molecule has 1 saturated heterocycles. The molecule has 0 spiro atoms. The molecule has 0 aromatic heterocycles. The van der Waals surface area contributed by atoms with Gasteiger partial charge in [-0.15, -0.1) is 0 Å². The Balaban J connectivity index is 1.22. The normalized spacial score (nSPS) is 14.9. The number of nitrogens with zero attached hydrogens (tertiary/aromatic N) is 2. The van der Waals surface area contributed by atoms with Gasteiger partial charge in [0.2, 0.25) is 22.7 Å². The minimum Gasteiger partial charge on any atom is -0.497 e. The summed E-state index contributed by atoms with van der Waals surface area (Å²) in [5.74, 6) is 1.37. The van der Waals surface area contributed by atoms with Crippen molar-refractivity contribution in [2.24, 2.45) is 0 Å². The van der Waals surface area contributed by atoms with E-state index in [1.807, 2.05) is 42.5 Å². The second-order valence-corrected chi connectivity index (χ2v) is 13.3. The molecule has 4 aromatic carbocycles. The fraction of sp³-hybridized carbons (Fsp3) is 0.278. The van der Waals surface area contributed by atoms with E-state index in [0.29, 0.717) is 41.8 Å². The molecular formula is C36H37N3O9S. The van der Waals surface area contributed by atoms with Crippen molar-refractivity contribution in [1.29, 1.82) is 0 Å². The number of fused-ring (bicyclic) bond motifs is 1. The average molecular weight is 688 g/mol. The zero-order chi connectivity index (χ0) is 34.2. The highest BCUT2D eigenvalue weighted by molar-refractivity contribution is 7.89. The van der Waals surface area contributed by atoms with Gasteiger partial charge in [0, 0.05) is 26.2 Å². The Morgan fingerprint density at radius 2 is 1.53 bits per heavy atom. The van der Waals surface area contributed by atoms with E-state index in [1.165, 1.54) is 33.5 Å². The van der Waals surface area contributed by atoms with E-state index < -0.39 is 28.6 Å². The SMILES string of the molecule is COc1ccc(CN(C(=O)COc2ccc(S(=O)(=O)N3CCOCC3)cc2)[C@H](C(=O)NCc2ccc3c(c2)OCO3)c2ccccc2)cc1. The van der Waals surface area contributed by atoms with Gasteiger partial charge in [0.1, 0.15) is 17.5 Å². The van der Waals surface area contributed by atoms with Crippen molar-refractivity contribution in [3.8, 4) is 23.0 Å². The third kappa shape index (κ3) is 8.13. The summed E-state index contributed by atoms with van der Waals surface area (Å²) in [6, 6.07) is 26.7. The van der Waals surface area contributed by atoms with Gasteiger partial charge in [-0.1, -0.05) is 48.5 Å². The number of carbonyl (C=O) groups is 2. The quantitative estimate of drug-likeness (QED) is 0.222. The number of nitrogens with one attached hydrogen (secondary N) is 1. The van der Waals surface area contributed by atoms with Crippen LogP contribution < -0.4 is 24.3 Å². The van der Waals surface area contributed by atoms with Crippen molar-refractivity contribution in [1.82, 2.24) is 14.5 Å². The van der Waals surface area contributed by atoms with Crippen LogP contribution in [0.2, 0.25) is 0 Å². The predicted octanol–water partition coefficient (Wildman–Crippen LogP) is 3.91. The van der Waals surface area contributed by atoms with E-state index in [1.54, 1.807) is 37.4 Å². The number of amides is 2. The van der Waals surface area contributed by atoms with Gasteiger partial charge in [-0.2, -0.15) is 4.31 Å². The molecule has 6 rings (SSSR count). The summed E-state index contributed by atoms with van der Waals surface area (Å²) >= 11 is 0. The van der Waals surface area contributed by atoms with Crippen LogP contribution in [-0.4, -0.2) is 76.3 Å². The first-order valence-electron chi connectivity index (χ1n) is 15.8. The molecule has 0 radical (unpaired) electrons. The van der Waals surface area contributed by atoms with Crippen molar-refractivity contribution < 1.29 is 41.7 Å². The van der Waals surface area contributed by atoms with E-state index in [4.69, 9.17) is 23.7 Å². The molecule has 1 N–H and O–H groups in total. The lowest BCUT2D eigenvalue weighted by Crippen LogP contribution is -2.45. The molecule has 2 heterocycles. The van der Waals surface area contributed by atoms with Gasteiger partial charge in [-0.25, -0.2) is 8.42 Å². The number of benzene rings is 4. The number of hydrogen-bond donors (Lipinski definition) is 1. The van der Waals surface area contributed by atoms with E-state index in [2.05, 4.69) is 5.32 Å². The molecular weight excluding hydrogens is 650 g/mol. The molecule has 1 atom stereocenters. The number of rotatable bonds is 13. The summed E-state index contributed by atoms with van der Waals surface area (Å²) in [7, 11) is -2.12. The largest absolute Gasteiger partial charge is 0.497 e. The lowest BCUT2D eigenvalue weighted by Gasteiger charge is -2.31. The minimum atomic E-state index is -3.69. The van der Waals surface area contributed by atoms with Gasteiger partial charge in [-0.05, 0) is 65.2 Å². The number of morpholine rings is 1. The fourth-order valence-electron chi connectivity index (χ4n) is 5.57. The van der Waals surface area contributed by atoms with Crippen molar-refractivity contribution in [2.75, 3.05) is 46.8 Å². The fourth-order valence-corrected chi connectivity index (χ4v) is 6.98. The summed E-state index contributed by atoms with van der Waals surface area (Å²) in [6.45, 7) is 1.29. The summed E-state index contributed by atoms with van der Waals surface area (Å²) in [5, 5.41) is 2.99. The second-order valence-electron chi connectivity index (χ2n) is 11.4. The molecule has 2 amide bonds. The van der Waals surface area contributed by atoms with E-state index >= 15 is 0 Å². The van der Waals surface area contributed by atoms with Crippen LogP contribution in [0, 0.1) is 0 Å². The molecule has 256 valence electrons. The first kappa shape index (κ1) is 33.8. The highest BCUT2D eigenvalue weighted by atomic mass is 32.2. The van der Waals surface area contributed by atoms with Gasteiger partial charge in [-0.3, -0.25) is 9.59 Å². The van der Waals surface area contributed by atoms with Gasteiger partial charge in [0.25, 0.3) is 5.91 Å². The Morgan fingerprint density at radius 1 is 0.857 bits per heavy atom. The van der Waals surface area contributed by atoms with Gasteiger partial charge < -0.3 is 33.9 Å². The summed E-state index contributed by atoms with van der Waals surface area (Å²) in [5.41, 5.74) is 2.20. The molecule has 13 heteroatoms. The number of carbonyl (C=O) groups excluding carboxylic acids is 2. The summed E-state index contributed by atoms with van der Waals surface area (Å²) < 4.78 is 54.8. The summed E-state index contributed by atoms with van der Waals surface area (Å²) in [6.07, 6.45) is 0. The van der Waals surface area contributed by atoms with Crippen molar-refractivity contribution >= 4 is 21.8 Å².